The van der Waals surface area contributed by atoms with Crippen LogP contribution in [0.1, 0.15) is 25.2 Å². The van der Waals surface area contributed by atoms with Crippen LogP contribution in [0.25, 0.3) is 0 Å². The number of nitrogens with zero attached hydrogens (tertiary/aromatic N) is 2. The second-order valence-electron chi connectivity index (χ2n) is 3.65. The summed E-state index contributed by atoms with van der Waals surface area (Å²) in [6.45, 7) is 4.31. The van der Waals surface area contributed by atoms with Gasteiger partial charge in [0.2, 0.25) is 0 Å². The van der Waals surface area contributed by atoms with Crippen LogP contribution in [0.15, 0.2) is 6.07 Å². The molecule has 1 atom stereocenters. The molecular formula is C10H16F3N3. The Morgan fingerprint density at radius 1 is 1.44 bits per heavy atom. The molecular weight excluding hydrogens is 219 g/mol. The van der Waals surface area contributed by atoms with Crippen LogP contribution in [0.3, 0.4) is 0 Å². The summed E-state index contributed by atoms with van der Waals surface area (Å²) in [6.07, 6.45) is -3.86. The van der Waals surface area contributed by atoms with E-state index in [9.17, 15) is 13.2 Å². The van der Waals surface area contributed by atoms with Crippen LogP contribution in [0.5, 0.6) is 0 Å². The second kappa shape index (κ2) is 4.86. The summed E-state index contributed by atoms with van der Waals surface area (Å²) in [6, 6.07) is -0.131. The highest BCUT2D eigenvalue weighted by molar-refractivity contribution is 5.12. The topological polar surface area (TPSA) is 43.8 Å². The minimum atomic E-state index is -4.35. The number of rotatable bonds is 4. The first-order chi connectivity index (χ1) is 7.38. The molecule has 0 radical (unpaired) electrons. The van der Waals surface area contributed by atoms with Crippen molar-refractivity contribution in [2.75, 3.05) is 0 Å². The summed E-state index contributed by atoms with van der Waals surface area (Å²) >= 11 is 0. The molecule has 1 aromatic heterocycles. The summed E-state index contributed by atoms with van der Waals surface area (Å²) in [7, 11) is 0. The van der Waals surface area contributed by atoms with E-state index in [4.69, 9.17) is 5.73 Å². The summed E-state index contributed by atoms with van der Waals surface area (Å²) in [5.74, 6) is 0. The highest BCUT2D eigenvalue weighted by Crippen LogP contribution is 2.21. The zero-order chi connectivity index (χ0) is 12.3. The highest BCUT2D eigenvalue weighted by Gasteiger charge is 2.37. The standard InChI is InChI=1S/C10H16F3N3/c1-3-7-5-8(16(4-2)15-7)6-9(14)10(11,12)13/h5,9H,3-4,6,14H2,1-2H3. The van der Waals surface area contributed by atoms with Crippen LogP contribution in [0, 0.1) is 0 Å². The van der Waals surface area contributed by atoms with Crippen LogP contribution in [-0.4, -0.2) is 22.0 Å². The van der Waals surface area contributed by atoms with Gasteiger partial charge in [-0.05, 0) is 19.4 Å². The first kappa shape index (κ1) is 13.0. The number of hydrogen-bond acceptors (Lipinski definition) is 2. The van der Waals surface area contributed by atoms with E-state index in [1.165, 1.54) is 0 Å². The smallest absolute Gasteiger partial charge is 0.320 e. The zero-order valence-corrected chi connectivity index (χ0v) is 9.38. The molecule has 92 valence electrons. The number of halogens is 3. The predicted molar refractivity (Wildman–Crippen MR) is 55.0 cm³/mol. The van der Waals surface area contributed by atoms with Crippen LogP contribution in [-0.2, 0) is 19.4 Å². The van der Waals surface area contributed by atoms with Crippen molar-refractivity contribution in [2.45, 2.75) is 45.5 Å². The molecule has 3 nitrogen and oxygen atoms in total. The lowest BCUT2D eigenvalue weighted by molar-refractivity contribution is -0.147. The molecule has 1 aromatic rings. The number of aryl methyl sites for hydroxylation is 2. The molecule has 1 heterocycles. The minimum Gasteiger partial charge on any atom is -0.320 e. The molecule has 6 heteroatoms. The Labute approximate surface area is 92.4 Å². The molecule has 0 aliphatic heterocycles. The van der Waals surface area contributed by atoms with Crippen molar-refractivity contribution in [3.8, 4) is 0 Å². The quantitative estimate of drug-likeness (QED) is 0.866. The van der Waals surface area contributed by atoms with E-state index in [0.29, 0.717) is 18.7 Å². The number of aromatic nitrogens is 2. The lowest BCUT2D eigenvalue weighted by Crippen LogP contribution is -2.39. The zero-order valence-electron chi connectivity index (χ0n) is 9.38. The van der Waals surface area contributed by atoms with Crippen molar-refractivity contribution in [1.29, 1.82) is 0 Å². The van der Waals surface area contributed by atoms with Gasteiger partial charge in [0, 0.05) is 18.7 Å². The van der Waals surface area contributed by atoms with Gasteiger partial charge >= 0.3 is 6.18 Å². The predicted octanol–water partition coefficient (Wildman–Crippen LogP) is 1.90. The molecule has 16 heavy (non-hydrogen) atoms. The van der Waals surface area contributed by atoms with Gasteiger partial charge < -0.3 is 5.73 Å². The van der Waals surface area contributed by atoms with Crippen molar-refractivity contribution >= 4 is 0 Å². The Balaban J connectivity index is 2.83. The van der Waals surface area contributed by atoms with E-state index in [1.807, 2.05) is 13.8 Å². The van der Waals surface area contributed by atoms with Crippen molar-refractivity contribution in [1.82, 2.24) is 9.78 Å². The summed E-state index contributed by atoms with van der Waals surface area (Å²) < 4.78 is 38.5. The highest BCUT2D eigenvalue weighted by atomic mass is 19.4. The number of hydrogen-bond donors (Lipinski definition) is 1. The maximum atomic E-state index is 12.3. The fourth-order valence-corrected chi connectivity index (χ4v) is 1.47. The lowest BCUT2D eigenvalue weighted by Gasteiger charge is -2.15. The molecule has 0 fully saturated rings. The molecule has 0 spiro atoms. The Bertz CT molecular complexity index is 344. The number of nitrogens with two attached hydrogens (primary N) is 1. The van der Waals surface area contributed by atoms with Gasteiger partial charge in [-0.15, -0.1) is 0 Å². The molecule has 0 amide bonds. The van der Waals surface area contributed by atoms with Gasteiger partial charge in [-0.2, -0.15) is 18.3 Å². The lowest BCUT2D eigenvalue weighted by atomic mass is 10.1. The molecule has 2 N–H and O–H groups in total. The Kier molecular flexibility index (Phi) is 3.96. The fourth-order valence-electron chi connectivity index (χ4n) is 1.47. The molecule has 1 unspecified atom stereocenters. The van der Waals surface area contributed by atoms with E-state index in [0.717, 1.165) is 5.69 Å². The molecule has 0 aliphatic rings. The Hall–Kier alpha value is -1.04. The van der Waals surface area contributed by atoms with Crippen LogP contribution in [0.4, 0.5) is 13.2 Å². The maximum Gasteiger partial charge on any atom is 0.404 e. The van der Waals surface area contributed by atoms with E-state index in [2.05, 4.69) is 5.10 Å². The molecule has 0 saturated carbocycles. The van der Waals surface area contributed by atoms with E-state index in [-0.39, 0.29) is 6.42 Å². The molecule has 0 aliphatic carbocycles. The van der Waals surface area contributed by atoms with Crippen molar-refractivity contribution < 1.29 is 13.2 Å². The van der Waals surface area contributed by atoms with Gasteiger partial charge in [0.25, 0.3) is 0 Å². The SMILES string of the molecule is CCc1cc(CC(N)C(F)(F)F)n(CC)n1. The average molecular weight is 235 g/mol. The van der Waals surface area contributed by atoms with Crippen LogP contribution in [0.2, 0.25) is 0 Å². The van der Waals surface area contributed by atoms with Crippen molar-refractivity contribution in [3.05, 3.63) is 17.5 Å². The van der Waals surface area contributed by atoms with Crippen molar-refractivity contribution in [3.63, 3.8) is 0 Å². The molecule has 0 saturated heterocycles. The summed E-state index contributed by atoms with van der Waals surface area (Å²) in [4.78, 5) is 0. The maximum absolute atomic E-state index is 12.3. The first-order valence-corrected chi connectivity index (χ1v) is 5.26. The van der Waals surface area contributed by atoms with E-state index < -0.39 is 12.2 Å². The monoisotopic (exact) mass is 235 g/mol. The van der Waals surface area contributed by atoms with Gasteiger partial charge in [-0.25, -0.2) is 0 Å². The fraction of sp³-hybridized carbons (Fsp3) is 0.700. The number of alkyl halides is 3. The minimum absolute atomic E-state index is 0.218. The van der Waals surface area contributed by atoms with Gasteiger partial charge in [-0.3, -0.25) is 4.68 Å². The Morgan fingerprint density at radius 3 is 2.50 bits per heavy atom. The normalized spacial score (nSPS) is 14.1. The van der Waals surface area contributed by atoms with Gasteiger partial charge in [-0.1, -0.05) is 6.92 Å². The van der Waals surface area contributed by atoms with E-state index in [1.54, 1.807) is 10.7 Å². The molecule has 1 rings (SSSR count). The van der Waals surface area contributed by atoms with Gasteiger partial charge in [0.1, 0.15) is 6.04 Å². The molecule has 0 aromatic carbocycles. The van der Waals surface area contributed by atoms with Crippen LogP contribution >= 0.6 is 0 Å². The van der Waals surface area contributed by atoms with E-state index >= 15 is 0 Å². The largest absolute Gasteiger partial charge is 0.404 e. The van der Waals surface area contributed by atoms with Crippen molar-refractivity contribution in [2.24, 2.45) is 5.73 Å². The van der Waals surface area contributed by atoms with Crippen LogP contribution < -0.4 is 5.73 Å². The molecule has 0 bridgehead atoms. The summed E-state index contributed by atoms with van der Waals surface area (Å²) in [5, 5.41) is 4.18. The third kappa shape index (κ3) is 2.98. The van der Waals surface area contributed by atoms with Gasteiger partial charge in [0.15, 0.2) is 0 Å². The average Bonchev–Trinajstić information content (AvgIpc) is 2.59. The third-order valence-corrected chi connectivity index (χ3v) is 2.43. The van der Waals surface area contributed by atoms with Gasteiger partial charge in [0.05, 0.1) is 5.69 Å². The third-order valence-electron chi connectivity index (χ3n) is 2.43. The summed E-state index contributed by atoms with van der Waals surface area (Å²) in [5.41, 5.74) is 6.43. The Morgan fingerprint density at radius 2 is 2.06 bits per heavy atom. The first-order valence-electron chi connectivity index (χ1n) is 5.26. The second-order valence-corrected chi connectivity index (χ2v) is 3.65.